The van der Waals surface area contributed by atoms with Gasteiger partial charge in [-0.2, -0.15) is 10.2 Å². The van der Waals surface area contributed by atoms with Crippen molar-refractivity contribution >= 4 is 17.6 Å². The number of methoxy groups -OCH3 is 1. The lowest BCUT2D eigenvalue weighted by Crippen LogP contribution is -2.12. The predicted octanol–water partition coefficient (Wildman–Crippen LogP) is 1.52. The maximum Gasteiger partial charge on any atom is 0.337 e. The summed E-state index contributed by atoms with van der Waals surface area (Å²) in [7, 11) is 1.31. The highest BCUT2D eigenvalue weighted by molar-refractivity contribution is 6.04. The van der Waals surface area contributed by atoms with Crippen molar-refractivity contribution in [3.05, 3.63) is 53.9 Å². The molecule has 6 heteroatoms. The minimum atomic E-state index is -0.420. The van der Waals surface area contributed by atoms with E-state index >= 15 is 0 Å². The third-order valence-corrected chi connectivity index (χ3v) is 2.41. The smallest absolute Gasteiger partial charge is 0.337 e. The number of anilines is 1. The first-order chi connectivity index (χ1) is 9.20. The molecule has 1 aromatic carbocycles. The number of hydrogen-bond acceptors (Lipinski definition) is 5. The van der Waals surface area contributed by atoms with Gasteiger partial charge in [0.2, 0.25) is 0 Å². The lowest BCUT2D eigenvalue weighted by Gasteiger charge is -2.05. The monoisotopic (exact) mass is 257 g/mol. The number of benzene rings is 1. The molecule has 0 saturated heterocycles. The fraction of sp³-hybridized carbons (Fsp3) is 0.0769. The fourth-order valence-corrected chi connectivity index (χ4v) is 1.44. The molecule has 0 unspecified atom stereocenters. The van der Waals surface area contributed by atoms with E-state index < -0.39 is 5.97 Å². The van der Waals surface area contributed by atoms with Crippen molar-refractivity contribution in [3.8, 4) is 0 Å². The Hall–Kier alpha value is -2.76. The van der Waals surface area contributed by atoms with Crippen molar-refractivity contribution < 1.29 is 14.3 Å². The van der Waals surface area contributed by atoms with Crippen molar-refractivity contribution in [1.82, 2.24) is 10.2 Å². The summed E-state index contributed by atoms with van der Waals surface area (Å²) in [5.74, 6) is -0.711. The van der Waals surface area contributed by atoms with Gasteiger partial charge in [-0.05, 0) is 30.3 Å². The molecule has 96 valence electrons. The van der Waals surface area contributed by atoms with Gasteiger partial charge in [-0.3, -0.25) is 4.79 Å². The molecule has 1 heterocycles. The maximum atomic E-state index is 11.8. The fourth-order valence-electron chi connectivity index (χ4n) is 1.44. The van der Waals surface area contributed by atoms with Crippen molar-refractivity contribution in [1.29, 1.82) is 0 Å². The van der Waals surface area contributed by atoms with Crippen LogP contribution < -0.4 is 5.32 Å². The standard InChI is InChI=1S/C13H11N3O3/c1-19-13(18)9-2-4-11(5-3-9)16-12(17)10-6-7-14-15-8-10/h2-8H,1H3,(H,16,17). The number of hydrogen-bond donors (Lipinski definition) is 1. The Morgan fingerprint density at radius 2 is 1.79 bits per heavy atom. The summed E-state index contributed by atoms with van der Waals surface area (Å²) in [5.41, 5.74) is 1.41. The van der Waals surface area contributed by atoms with Gasteiger partial charge in [-0.15, -0.1) is 0 Å². The first-order valence-corrected chi connectivity index (χ1v) is 5.47. The Morgan fingerprint density at radius 3 is 2.37 bits per heavy atom. The normalized spacial score (nSPS) is 9.74. The first kappa shape index (κ1) is 12.7. The zero-order chi connectivity index (χ0) is 13.7. The Bertz CT molecular complexity index is 582. The van der Waals surface area contributed by atoms with Gasteiger partial charge in [-0.25, -0.2) is 4.79 Å². The molecule has 19 heavy (non-hydrogen) atoms. The van der Waals surface area contributed by atoms with Crippen LogP contribution in [0.15, 0.2) is 42.7 Å². The number of carbonyl (C=O) groups excluding carboxylic acids is 2. The van der Waals surface area contributed by atoms with Crippen LogP contribution in [-0.2, 0) is 4.74 Å². The third kappa shape index (κ3) is 3.12. The van der Waals surface area contributed by atoms with Crippen LogP contribution in [0.25, 0.3) is 0 Å². The van der Waals surface area contributed by atoms with Gasteiger partial charge in [0, 0.05) is 5.69 Å². The van der Waals surface area contributed by atoms with Crippen LogP contribution in [0.5, 0.6) is 0 Å². The second kappa shape index (κ2) is 5.72. The summed E-state index contributed by atoms with van der Waals surface area (Å²) in [6.07, 6.45) is 2.81. The molecular weight excluding hydrogens is 246 g/mol. The summed E-state index contributed by atoms with van der Waals surface area (Å²) in [6.45, 7) is 0. The molecule has 0 aliphatic carbocycles. The van der Waals surface area contributed by atoms with E-state index in [0.717, 1.165) is 0 Å². The highest BCUT2D eigenvalue weighted by atomic mass is 16.5. The largest absolute Gasteiger partial charge is 0.465 e. The van der Waals surface area contributed by atoms with E-state index in [-0.39, 0.29) is 5.91 Å². The summed E-state index contributed by atoms with van der Waals surface area (Å²) >= 11 is 0. The molecule has 0 atom stereocenters. The van der Waals surface area contributed by atoms with Gasteiger partial charge < -0.3 is 10.1 Å². The molecule has 2 aromatic rings. The average Bonchev–Trinajstić information content (AvgIpc) is 2.48. The van der Waals surface area contributed by atoms with Crippen LogP contribution in [0.2, 0.25) is 0 Å². The molecule has 2 rings (SSSR count). The van der Waals surface area contributed by atoms with Crippen LogP contribution in [0.4, 0.5) is 5.69 Å². The Kier molecular flexibility index (Phi) is 3.82. The molecule has 1 amide bonds. The molecule has 0 aliphatic heterocycles. The molecule has 0 saturated carbocycles. The van der Waals surface area contributed by atoms with Crippen molar-refractivity contribution in [3.63, 3.8) is 0 Å². The molecular formula is C13H11N3O3. The summed E-state index contributed by atoms with van der Waals surface area (Å²) in [6, 6.07) is 7.96. The van der Waals surface area contributed by atoms with E-state index in [1.165, 1.54) is 19.5 Å². The highest BCUT2D eigenvalue weighted by Gasteiger charge is 2.08. The minimum absolute atomic E-state index is 0.291. The zero-order valence-corrected chi connectivity index (χ0v) is 10.2. The van der Waals surface area contributed by atoms with E-state index in [0.29, 0.717) is 16.8 Å². The lowest BCUT2D eigenvalue weighted by molar-refractivity contribution is 0.0600. The molecule has 6 nitrogen and oxygen atoms in total. The third-order valence-electron chi connectivity index (χ3n) is 2.41. The highest BCUT2D eigenvalue weighted by Crippen LogP contribution is 2.11. The van der Waals surface area contributed by atoms with Crippen LogP contribution in [0.3, 0.4) is 0 Å². The van der Waals surface area contributed by atoms with E-state index in [4.69, 9.17) is 0 Å². The zero-order valence-electron chi connectivity index (χ0n) is 10.2. The number of amides is 1. The van der Waals surface area contributed by atoms with Gasteiger partial charge in [-0.1, -0.05) is 0 Å². The Balaban J connectivity index is 2.08. The molecule has 0 spiro atoms. The van der Waals surface area contributed by atoms with E-state index in [1.807, 2.05) is 0 Å². The van der Waals surface area contributed by atoms with Gasteiger partial charge in [0.1, 0.15) is 0 Å². The molecule has 0 bridgehead atoms. The van der Waals surface area contributed by atoms with Gasteiger partial charge in [0.15, 0.2) is 0 Å². The van der Waals surface area contributed by atoms with Crippen LogP contribution in [-0.4, -0.2) is 29.2 Å². The molecule has 1 N–H and O–H groups in total. The van der Waals surface area contributed by atoms with Gasteiger partial charge in [0.05, 0.1) is 30.6 Å². The average molecular weight is 257 g/mol. The predicted molar refractivity (Wildman–Crippen MR) is 67.8 cm³/mol. The van der Waals surface area contributed by atoms with Gasteiger partial charge in [0.25, 0.3) is 5.91 Å². The second-order valence-electron chi connectivity index (χ2n) is 3.65. The first-order valence-electron chi connectivity index (χ1n) is 5.47. The summed E-state index contributed by atoms with van der Waals surface area (Å²) in [5, 5.41) is 9.90. The topological polar surface area (TPSA) is 81.2 Å². The minimum Gasteiger partial charge on any atom is -0.465 e. The van der Waals surface area contributed by atoms with E-state index in [1.54, 1.807) is 30.3 Å². The maximum absolute atomic E-state index is 11.8. The number of esters is 1. The Morgan fingerprint density at radius 1 is 1.05 bits per heavy atom. The SMILES string of the molecule is COC(=O)c1ccc(NC(=O)c2ccnnc2)cc1. The molecule has 0 radical (unpaired) electrons. The van der Waals surface area contributed by atoms with Crippen LogP contribution >= 0.6 is 0 Å². The van der Waals surface area contributed by atoms with E-state index in [9.17, 15) is 9.59 Å². The Labute approximate surface area is 109 Å². The lowest BCUT2D eigenvalue weighted by atomic mass is 10.2. The van der Waals surface area contributed by atoms with Gasteiger partial charge >= 0.3 is 5.97 Å². The second-order valence-corrected chi connectivity index (χ2v) is 3.65. The molecule has 1 aromatic heterocycles. The van der Waals surface area contributed by atoms with Crippen molar-refractivity contribution in [2.75, 3.05) is 12.4 Å². The quantitative estimate of drug-likeness (QED) is 0.843. The number of nitrogens with one attached hydrogen (secondary N) is 1. The van der Waals surface area contributed by atoms with Crippen molar-refractivity contribution in [2.24, 2.45) is 0 Å². The number of rotatable bonds is 3. The van der Waals surface area contributed by atoms with E-state index in [2.05, 4.69) is 20.3 Å². The number of ether oxygens (including phenoxy) is 1. The van der Waals surface area contributed by atoms with Crippen LogP contribution in [0.1, 0.15) is 20.7 Å². The molecule has 0 fully saturated rings. The van der Waals surface area contributed by atoms with Crippen LogP contribution in [0, 0.1) is 0 Å². The number of nitrogens with zero attached hydrogens (tertiary/aromatic N) is 2. The summed E-state index contributed by atoms with van der Waals surface area (Å²) < 4.78 is 4.59. The van der Waals surface area contributed by atoms with Crippen molar-refractivity contribution in [2.45, 2.75) is 0 Å². The summed E-state index contributed by atoms with van der Waals surface area (Å²) in [4.78, 5) is 23.1. The number of aromatic nitrogens is 2. The number of carbonyl (C=O) groups is 2. The molecule has 0 aliphatic rings.